The van der Waals surface area contributed by atoms with Gasteiger partial charge in [0, 0.05) is 11.9 Å². The molecule has 1 N–H and O–H groups in total. The van der Waals surface area contributed by atoms with E-state index in [0.29, 0.717) is 16.6 Å². The number of pyridine rings is 1. The van der Waals surface area contributed by atoms with Crippen molar-refractivity contribution in [3.8, 4) is 0 Å². The lowest BCUT2D eigenvalue weighted by Crippen LogP contribution is -2.37. The molecule has 0 bridgehead atoms. The van der Waals surface area contributed by atoms with Gasteiger partial charge in [-0.1, -0.05) is 23.4 Å². The van der Waals surface area contributed by atoms with Gasteiger partial charge in [0.1, 0.15) is 10.0 Å². The fourth-order valence-corrected chi connectivity index (χ4v) is 4.22. The Bertz CT molecular complexity index is 593. The molecule has 5 nitrogen and oxygen atoms in total. The summed E-state index contributed by atoms with van der Waals surface area (Å²) >= 11 is 9.93. The standard InChI is InChI=1S/C9H8BrClN2O3S2/c10-6-3-5(4-12-8(6)11)18(15,16)13-7-1-2-17-9(7)14/h3-4,7,13H,1-2H2. The number of sulfonamides is 1. The molecular weight excluding hydrogens is 364 g/mol. The summed E-state index contributed by atoms with van der Waals surface area (Å²) in [5.74, 6) is 0.634. The number of carbonyl (C=O) groups is 1. The lowest BCUT2D eigenvalue weighted by molar-refractivity contribution is -0.111. The lowest BCUT2D eigenvalue weighted by Gasteiger charge is -2.11. The predicted molar refractivity (Wildman–Crippen MR) is 73.1 cm³/mol. The minimum absolute atomic E-state index is 0.0246. The second kappa shape index (κ2) is 5.46. The van der Waals surface area contributed by atoms with Crippen molar-refractivity contribution < 1.29 is 13.2 Å². The molecule has 1 aromatic heterocycles. The quantitative estimate of drug-likeness (QED) is 0.820. The van der Waals surface area contributed by atoms with Crippen LogP contribution >= 0.6 is 39.3 Å². The first-order valence-electron chi connectivity index (χ1n) is 4.90. The number of halogens is 2. The molecule has 0 amide bonds. The Morgan fingerprint density at radius 1 is 1.56 bits per heavy atom. The molecule has 0 aliphatic carbocycles. The van der Waals surface area contributed by atoms with Gasteiger partial charge in [0.05, 0.1) is 10.5 Å². The van der Waals surface area contributed by atoms with Crippen molar-refractivity contribution >= 4 is 54.4 Å². The summed E-state index contributed by atoms with van der Waals surface area (Å²) in [6.07, 6.45) is 1.66. The summed E-state index contributed by atoms with van der Waals surface area (Å²) in [6.45, 7) is 0. The van der Waals surface area contributed by atoms with Crippen molar-refractivity contribution in [3.05, 3.63) is 21.9 Å². The van der Waals surface area contributed by atoms with E-state index in [-0.39, 0.29) is 15.2 Å². The van der Waals surface area contributed by atoms with Gasteiger partial charge < -0.3 is 0 Å². The average molecular weight is 372 g/mol. The predicted octanol–water partition coefficient (Wildman–Crippen LogP) is 1.81. The molecule has 2 rings (SSSR count). The molecule has 0 saturated carbocycles. The molecule has 1 aliphatic rings. The molecule has 0 radical (unpaired) electrons. The normalized spacial score (nSPS) is 20.3. The van der Waals surface area contributed by atoms with E-state index in [1.54, 1.807) is 0 Å². The second-order valence-electron chi connectivity index (χ2n) is 3.57. The van der Waals surface area contributed by atoms with E-state index >= 15 is 0 Å². The first kappa shape index (κ1) is 14.3. The van der Waals surface area contributed by atoms with Crippen LogP contribution in [0, 0.1) is 0 Å². The molecule has 1 saturated heterocycles. The van der Waals surface area contributed by atoms with Gasteiger partial charge in [0.25, 0.3) is 0 Å². The van der Waals surface area contributed by atoms with Gasteiger partial charge in [-0.3, -0.25) is 4.79 Å². The maximum absolute atomic E-state index is 12.0. The first-order valence-corrected chi connectivity index (χ1v) is 8.54. The van der Waals surface area contributed by atoms with Gasteiger partial charge in [-0.05, 0) is 28.4 Å². The van der Waals surface area contributed by atoms with Crippen LogP contribution in [0.3, 0.4) is 0 Å². The fraction of sp³-hybridized carbons (Fsp3) is 0.333. The van der Waals surface area contributed by atoms with Crippen molar-refractivity contribution in [1.82, 2.24) is 9.71 Å². The summed E-state index contributed by atoms with van der Waals surface area (Å²) in [5, 5.41) is 0.0287. The van der Waals surface area contributed by atoms with Crippen LogP contribution < -0.4 is 4.72 Å². The van der Waals surface area contributed by atoms with Gasteiger partial charge in [0.15, 0.2) is 0 Å². The minimum atomic E-state index is -3.75. The van der Waals surface area contributed by atoms with Crippen LogP contribution in [-0.2, 0) is 14.8 Å². The fourth-order valence-electron chi connectivity index (χ4n) is 1.41. The molecular formula is C9H8BrClN2O3S2. The summed E-state index contributed by atoms with van der Waals surface area (Å²) in [7, 11) is -3.75. The van der Waals surface area contributed by atoms with E-state index in [0.717, 1.165) is 18.0 Å². The average Bonchev–Trinajstić information content (AvgIpc) is 2.67. The monoisotopic (exact) mass is 370 g/mol. The molecule has 98 valence electrons. The number of aromatic nitrogens is 1. The van der Waals surface area contributed by atoms with E-state index in [9.17, 15) is 13.2 Å². The number of hydrogen-bond acceptors (Lipinski definition) is 5. The van der Waals surface area contributed by atoms with E-state index < -0.39 is 16.1 Å². The summed E-state index contributed by atoms with van der Waals surface area (Å²) < 4.78 is 26.8. The summed E-state index contributed by atoms with van der Waals surface area (Å²) in [5.41, 5.74) is 0. The minimum Gasteiger partial charge on any atom is -0.285 e. The van der Waals surface area contributed by atoms with Crippen molar-refractivity contribution in [1.29, 1.82) is 0 Å². The Morgan fingerprint density at radius 2 is 2.28 bits per heavy atom. The van der Waals surface area contributed by atoms with Crippen LogP contribution in [-0.4, -0.2) is 30.3 Å². The molecule has 18 heavy (non-hydrogen) atoms. The molecule has 0 spiro atoms. The molecule has 1 aromatic rings. The highest BCUT2D eigenvalue weighted by Crippen LogP contribution is 2.24. The topological polar surface area (TPSA) is 76.1 Å². The van der Waals surface area contributed by atoms with Gasteiger partial charge in [-0.2, -0.15) is 4.72 Å². The number of thioether (sulfide) groups is 1. The zero-order valence-electron chi connectivity index (χ0n) is 8.89. The third-order valence-corrected chi connectivity index (χ3v) is 5.90. The first-order chi connectivity index (χ1) is 8.40. The molecule has 0 aromatic carbocycles. The Balaban J connectivity index is 2.25. The molecule has 2 heterocycles. The van der Waals surface area contributed by atoms with Crippen LogP contribution in [0.4, 0.5) is 0 Å². The van der Waals surface area contributed by atoms with Gasteiger partial charge in [-0.25, -0.2) is 13.4 Å². The second-order valence-corrected chi connectivity index (χ2v) is 7.60. The van der Waals surface area contributed by atoms with Crippen LogP contribution in [0.2, 0.25) is 5.15 Å². The largest absolute Gasteiger partial charge is 0.285 e. The number of carbonyl (C=O) groups excluding carboxylic acids is 1. The van der Waals surface area contributed by atoms with Gasteiger partial charge >= 0.3 is 0 Å². The molecule has 9 heteroatoms. The van der Waals surface area contributed by atoms with Crippen molar-refractivity contribution in [3.63, 3.8) is 0 Å². The van der Waals surface area contributed by atoms with E-state index in [2.05, 4.69) is 25.6 Å². The van der Waals surface area contributed by atoms with E-state index in [4.69, 9.17) is 11.6 Å². The third kappa shape index (κ3) is 3.05. The highest BCUT2D eigenvalue weighted by atomic mass is 79.9. The molecule has 1 fully saturated rings. The smallest absolute Gasteiger partial charge is 0.242 e. The lowest BCUT2D eigenvalue weighted by atomic mass is 10.3. The zero-order chi connectivity index (χ0) is 13.3. The van der Waals surface area contributed by atoms with E-state index in [1.807, 2.05) is 0 Å². The number of nitrogens with zero attached hydrogens (tertiary/aromatic N) is 1. The number of hydrogen-bond donors (Lipinski definition) is 1. The Hall–Kier alpha value is -0.150. The highest BCUT2D eigenvalue weighted by molar-refractivity contribution is 9.10. The third-order valence-electron chi connectivity index (χ3n) is 2.31. The summed E-state index contributed by atoms with van der Waals surface area (Å²) in [6, 6.07) is 0.694. The zero-order valence-corrected chi connectivity index (χ0v) is 12.9. The SMILES string of the molecule is O=C1SCCC1NS(=O)(=O)c1cnc(Cl)c(Br)c1. The van der Waals surface area contributed by atoms with Crippen LogP contribution in [0.1, 0.15) is 6.42 Å². The van der Waals surface area contributed by atoms with Gasteiger partial charge in [-0.15, -0.1) is 0 Å². The molecule has 1 atom stereocenters. The molecule has 1 aliphatic heterocycles. The Kier molecular flexibility index (Phi) is 4.32. The van der Waals surface area contributed by atoms with Crippen molar-refractivity contribution in [2.45, 2.75) is 17.4 Å². The number of rotatable bonds is 3. The van der Waals surface area contributed by atoms with Crippen molar-refractivity contribution in [2.24, 2.45) is 0 Å². The van der Waals surface area contributed by atoms with Gasteiger partial charge in [0.2, 0.25) is 15.1 Å². The maximum atomic E-state index is 12.0. The summed E-state index contributed by atoms with van der Waals surface area (Å²) in [4.78, 5) is 15.1. The Labute approximate surface area is 122 Å². The van der Waals surface area contributed by atoms with Crippen LogP contribution in [0.15, 0.2) is 21.6 Å². The van der Waals surface area contributed by atoms with E-state index in [1.165, 1.54) is 6.07 Å². The van der Waals surface area contributed by atoms with Crippen LogP contribution in [0.5, 0.6) is 0 Å². The highest BCUT2D eigenvalue weighted by Gasteiger charge is 2.30. The van der Waals surface area contributed by atoms with Crippen LogP contribution in [0.25, 0.3) is 0 Å². The number of nitrogens with one attached hydrogen (secondary N) is 1. The molecule has 1 unspecified atom stereocenters. The Morgan fingerprint density at radius 3 is 2.83 bits per heavy atom. The van der Waals surface area contributed by atoms with Crippen molar-refractivity contribution in [2.75, 3.05) is 5.75 Å². The maximum Gasteiger partial charge on any atom is 0.242 e.